The van der Waals surface area contributed by atoms with Crippen molar-refractivity contribution >= 4 is 54.1 Å². The van der Waals surface area contributed by atoms with Crippen molar-refractivity contribution in [2.75, 3.05) is 0 Å². The van der Waals surface area contributed by atoms with Gasteiger partial charge in [0.1, 0.15) is 11.5 Å². The van der Waals surface area contributed by atoms with Crippen LogP contribution in [0.4, 0.5) is 0 Å². The first-order valence-electron chi connectivity index (χ1n) is 19.5. The topological polar surface area (TPSA) is 38.9 Å². The molecule has 7 aromatic carbocycles. The SMILES string of the molecule is [2H]c1nc2c(c([2H])c1[2H])c([2H])c([2H])c1c([2H])c([2H])c(-c3ccc(-c4ccc(-c5ccc(-c6cc7ccccc7c7ccccc67)o5)cc4)c4ccccc34)nc12. The van der Waals surface area contributed by atoms with Gasteiger partial charge in [-0.3, -0.25) is 4.98 Å². The highest BCUT2D eigenvalue weighted by atomic mass is 16.3. The van der Waals surface area contributed by atoms with Crippen LogP contribution in [0.15, 0.2) is 174 Å². The molecule has 0 spiro atoms. The molecule has 0 aliphatic carbocycles. The monoisotopic (exact) mass is 631 g/mol. The molecule has 0 N–H and O–H groups in total. The average molecular weight is 632 g/mol. The van der Waals surface area contributed by atoms with Crippen LogP contribution in [-0.2, 0) is 0 Å². The maximum atomic E-state index is 9.01. The van der Waals surface area contributed by atoms with Crippen LogP contribution in [0.1, 0.15) is 9.60 Å². The highest BCUT2D eigenvalue weighted by molar-refractivity contribution is 6.13. The summed E-state index contributed by atoms with van der Waals surface area (Å²) in [5.74, 6) is 1.55. The first-order valence-corrected chi connectivity index (χ1v) is 16.0. The standard InChI is InChI=1S/C46H28N2O/c1-2-10-34-33(8-1)28-41(39-14-6-4-11-36(34)39)44-26-25-43(49-44)30-17-15-29(16-18-30)35-22-23-40(38-13-5-3-12-37(35)38)42-24-21-32-20-19-31-9-7-27-47-45(31)46(32)48-42/h1-28H/i7D,9D,19D,20D,21D,24D,27D. The molecule has 0 atom stereocenters. The van der Waals surface area contributed by atoms with Crippen LogP contribution in [-0.4, -0.2) is 9.97 Å². The fourth-order valence-corrected chi connectivity index (χ4v) is 6.91. The second-order valence-corrected chi connectivity index (χ2v) is 12.0. The lowest BCUT2D eigenvalue weighted by molar-refractivity contribution is 0.598. The van der Waals surface area contributed by atoms with Gasteiger partial charge in [0.05, 0.1) is 26.3 Å². The van der Waals surface area contributed by atoms with Crippen molar-refractivity contribution in [3.63, 3.8) is 0 Å². The number of nitrogens with zero attached hydrogens (tertiary/aromatic N) is 2. The van der Waals surface area contributed by atoms with Gasteiger partial charge in [-0.25, -0.2) is 4.98 Å². The van der Waals surface area contributed by atoms with Crippen LogP contribution in [0.25, 0.3) is 99.2 Å². The Morgan fingerprint density at radius 1 is 0.449 bits per heavy atom. The number of hydrogen-bond acceptors (Lipinski definition) is 3. The fourth-order valence-electron chi connectivity index (χ4n) is 6.91. The zero-order chi connectivity index (χ0) is 38.4. The number of pyridine rings is 2. The largest absolute Gasteiger partial charge is 0.456 e. The van der Waals surface area contributed by atoms with Crippen molar-refractivity contribution in [3.8, 4) is 45.0 Å². The van der Waals surface area contributed by atoms with Crippen LogP contribution >= 0.6 is 0 Å². The predicted octanol–water partition coefficient (Wildman–Crippen LogP) is 12.5. The van der Waals surface area contributed by atoms with Gasteiger partial charge in [-0.05, 0) is 73.7 Å². The van der Waals surface area contributed by atoms with Gasteiger partial charge in [-0.15, -0.1) is 0 Å². The third-order valence-corrected chi connectivity index (χ3v) is 9.25. The summed E-state index contributed by atoms with van der Waals surface area (Å²) in [7, 11) is 0. The highest BCUT2D eigenvalue weighted by Crippen LogP contribution is 2.39. The first-order chi connectivity index (χ1) is 27.2. The van der Waals surface area contributed by atoms with Gasteiger partial charge in [0.2, 0.25) is 0 Å². The molecule has 0 saturated carbocycles. The fraction of sp³-hybridized carbons (Fsp3) is 0. The highest BCUT2D eigenvalue weighted by Gasteiger charge is 2.15. The van der Waals surface area contributed by atoms with Crippen LogP contribution in [0, 0.1) is 0 Å². The van der Waals surface area contributed by atoms with E-state index in [2.05, 4.69) is 71.7 Å². The molecule has 3 nitrogen and oxygen atoms in total. The summed E-state index contributed by atoms with van der Waals surface area (Å²) in [6.45, 7) is 0. The summed E-state index contributed by atoms with van der Waals surface area (Å²) in [5, 5.41) is 6.25. The van der Waals surface area contributed by atoms with E-state index < -0.39 is 18.3 Å². The summed E-state index contributed by atoms with van der Waals surface area (Å²) in [6, 6.07) is 40.7. The third-order valence-electron chi connectivity index (χ3n) is 9.25. The Morgan fingerprint density at radius 3 is 1.88 bits per heavy atom. The van der Waals surface area contributed by atoms with Crippen molar-refractivity contribution in [2.45, 2.75) is 0 Å². The molecular formula is C46H28N2O. The van der Waals surface area contributed by atoms with Crippen LogP contribution < -0.4 is 0 Å². The van der Waals surface area contributed by atoms with Crippen molar-refractivity contribution in [3.05, 3.63) is 170 Å². The van der Waals surface area contributed by atoms with E-state index in [1.165, 1.54) is 10.8 Å². The lowest BCUT2D eigenvalue weighted by Crippen LogP contribution is -1.91. The summed E-state index contributed by atoms with van der Waals surface area (Å²) >= 11 is 0. The third kappa shape index (κ3) is 4.51. The van der Waals surface area contributed by atoms with E-state index in [0.29, 0.717) is 5.56 Å². The molecule has 0 bridgehead atoms. The lowest BCUT2D eigenvalue weighted by Gasteiger charge is -2.13. The smallest absolute Gasteiger partial charge is 0.135 e. The molecule has 0 aliphatic rings. The maximum absolute atomic E-state index is 9.01. The van der Waals surface area contributed by atoms with Crippen molar-refractivity contribution in [1.82, 2.24) is 9.97 Å². The zero-order valence-corrected chi connectivity index (χ0v) is 25.9. The number of hydrogen-bond donors (Lipinski definition) is 0. The molecule has 49 heavy (non-hydrogen) atoms. The molecule has 3 heterocycles. The Kier molecular flexibility index (Phi) is 4.79. The molecule has 3 heteroatoms. The molecular weight excluding hydrogens is 597 g/mol. The summed E-state index contributed by atoms with van der Waals surface area (Å²) in [6.07, 6.45) is -0.461. The predicted molar refractivity (Wildman–Crippen MR) is 204 cm³/mol. The lowest BCUT2D eigenvalue weighted by atomic mass is 9.93. The normalized spacial score (nSPS) is 13.7. The van der Waals surface area contributed by atoms with Gasteiger partial charge in [0.25, 0.3) is 0 Å². The molecule has 0 radical (unpaired) electrons. The summed E-state index contributed by atoms with van der Waals surface area (Å²) < 4.78 is 66.4. The Labute approximate surface area is 292 Å². The van der Waals surface area contributed by atoms with Crippen molar-refractivity contribution in [2.24, 2.45) is 0 Å². The molecule has 0 unspecified atom stereocenters. The Bertz CT molecular complexity index is 3290. The van der Waals surface area contributed by atoms with E-state index in [-0.39, 0.29) is 51.7 Å². The average Bonchev–Trinajstić information content (AvgIpc) is 3.73. The van der Waals surface area contributed by atoms with Crippen molar-refractivity contribution in [1.29, 1.82) is 0 Å². The van der Waals surface area contributed by atoms with E-state index in [4.69, 9.17) is 19.0 Å². The van der Waals surface area contributed by atoms with E-state index in [9.17, 15) is 0 Å². The molecule has 0 aliphatic heterocycles. The van der Waals surface area contributed by atoms with E-state index in [0.717, 1.165) is 55.3 Å². The number of benzene rings is 7. The first kappa shape index (κ1) is 21.3. The van der Waals surface area contributed by atoms with Crippen LogP contribution in [0.2, 0.25) is 0 Å². The zero-order valence-electron chi connectivity index (χ0n) is 32.9. The minimum atomic E-state index is -0.461. The second-order valence-electron chi connectivity index (χ2n) is 12.0. The maximum Gasteiger partial charge on any atom is 0.135 e. The molecule has 10 aromatic rings. The Balaban J connectivity index is 1.06. The van der Waals surface area contributed by atoms with Crippen molar-refractivity contribution < 1.29 is 14.0 Å². The summed E-state index contributed by atoms with van der Waals surface area (Å²) in [4.78, 5) is 8.99. The molecule has 0 fully saturated rings. The number of rotatable bonds is 4. The quantitative estimate of drug-likeness (QED) is 0.181. The Morgan fingerprint density at radius 2 is 1.06 bits per heavy atom. The number of furan rings is 1. The minimum Gasteiger partial charge on any atom is -0.456 e. The van der Waals surface area contributed by atoms with Gasteiger partial charge < -0.3 is 4.42 Å². The molecule has 3 aromatic heterocycles. The minimum absolute atomic E-state index is 0.00272. The summed E-state index contributed by atoms with van der Waals surface area (Å²) in [5.41, 5.74) is 4.72. The number of fused-ring (bicyclic) bond motifs is 7. The van der Waals surface area contributed by atoms with E-state index in [1.807, 2.05) is 60.7 Å². The van der Waals surface area contributed by atoms with Gasteiger partial charge in [0, 0.05) is 33.6 Å². The van der Waals surface area contributed by atoms with Crippen LogP contribution in [0.3, 0.4) is 0 Å². The van der Waals surface area contributed by atoms with Gasteiger partial charge in [-0.1, -0.05) is 133 Å². The molecule has 10 rings (SSSR count). The second kappa shape index (κ2) is 11.0. The van der Waals surface area contributed by atoms with Gasteiger partial charge >= 0.3 is 0 Å². The van der Waals surface area contributed by atoms with Gasteiger partial charge in [0.15, 0.2) is 0 Å². The molecule has 0 amide bonds. The van der Waals surface area contributed by atoms with Crippen LogP contribution in [0.5, 0.6) is 0 Å². The van der Waals surface area contributed by atoms with E-state index >= 15 is 0 Å². The van der Waals surface area contributed by atoms with Gasteiger partial charge in [-0.2, -0.15) is 0 Å². The Hall–Kier alpha value is -6.58. The molecule has 0 saturated heterocycles. The number of aromatic nitrogens is 2. The van der Waals surface area contributed by atoms with E-state index in [1.54, 1.807) is 0 Å². The molecule has 228 valence electrons.